The molecule has 0 aliphatic heterocycles. The Balaban J connectivity index is 1.63. The first-order valence-electron chi connectivity index (χ1n) is 9.88. The first-order valence-corrected chi connectivity index (χ1v) is 9.88. The molecule has 0 saturated heterocycles. The third-order valence-electron chi connectivity index (χ3n) is 5.71. The van der Waals surface area contributed by atoms with E-state index in [9.17, 15) is 18.0 Å². The van der Waals surface area contributed by atoms with Gasteiger partial charge in [0, 0.05) is 11.0 Å². The summed E-state index contributed by atoms with van der Waals surface area (Å²) in [5.41, 5.74) is 2.14. The highest BCUT2D eigenvalue weighted by atomic mass is 19.4. The zero-order valence-electron chi connectivity index (χ0n) is 16.3. The van der Waals surface area contributed by atoms with Crippen molar-refractivity contribution in [3.63, 3.8) is 0 Å². The lowest BCUT2D eigenvalue weighted by molar-refractivity contribution is -0.137. The molecule has 0 amide bonds. The van der Waals surface area contributed by atoms with Gasteiger partial charge in [0.2, 0.25) is 0 Å². The average molecular weight is 406 g/mol. The maximum absolute atomic E-state index is 13.4. The van der Waals surface area contributed by atoms with Gasteiger partial charge in [-0.25, -0.2) is 0 Å². The molecule has 152 valence electrons. The van der Waals surface area contributed by atoms with E-state index in [0.29, 0.717) is 19.3 Å². The fourth-order valence-corrected chi connectivity index (χ4v) is 4.19. The first kappa shape index (κ1) is 20.1. The second-order valence-corrected chi connectivity index (χ2v) is 7.83. The summed E-state index contributed by atoms with van der Waals surface area (Å²) in [5, 5.41) is 0. The molecule has 1 atom stereocenters. The van der Waals surface area contributed by atoms with E-state index in [1.165, 1.54) is 12.1 Å². The van der Waals surface area contributed by atoms with Crippen LogP contribution in [0.15, 0.2) is 84.9 Å². The minimum atomic E-state index is -4.37. The Morgan fingerprint density at radius 3 is 2.20 bits per heavy atom. The van der Waals surface area contributed by atoms with Crippen molar-refractivity contribution < 1.29 is 18.0 Å². The second-order valence-electron chi connectivity index (χ2n) is 7.83. The summed E-state index contributed by atoms with van der Waals surface area (Å²) >= 11 is 0. The highest BCUT2D eigenvalue weighted by Gasteiger charge is 2.44. The van der Waals surface area contributed by atoms with Crippen LogP contribution < -0.4 is 0 Å². The van der Waals surface area contributed by atoms with Gasteiger partial charge in [0.25, 0.3) is 0 Å². The van der Waals surface area contributed by atoms with Crippen molar-refractivity contribution in [3.05, 3.63) is 113 Å². The molecule has 1 aliphatic carbocycles. The molecule has 1 nitrogen and oxygen atoms in total. The second kappa shape index (κ2) is 7.94. The van der Waals surface area contributed by atoms with Gasteiger partial charge in [0.15, 0.2) is 5.78 Å². The van der Waals surface area contributed by atoms with Crippen molar-refractivity contribution in [2.24, 2.45) is 5.41 Å². The van der Waals surface area contributed by atoms with Crippen LogP contribution in [-0.4, -0.2) is 5.78 Å². The Labute approximate surface area is 173 Å². The van der Waals surface area contributed by atoms with E-state index in [2.05, 4.69) is 0 Å². The number of carbonyl (C=O) groups is 1. The molecule has 0 aromatic heterocycles. The zero-order valence-corrected chi connectivity index (χ0v) is 16.3. The third-order valence-corrected chi connectivity index (χ3v) is 5.71. The Morgan fingerprint density at radius 1 is 0.867 bits per heavy atom. The molecule has 0 fully saturated rings. The maximum Gasteiger partial charge on any atom is 0.416 e. The number of rotatable bonds is 5. The lowest BCUT2D eigenvalue weighted by Gasteiger charge is -2.26. The number of hydrogen-bond acceptors (Lipinski definition) is 1. The largest absolute Gasteiger partial charge is 0.416 e. The number of alkyl halides is 3. The minimum Gasteiger partial charge on any atom is -0.294 e. The molecule has 0 saturated carbocycles. The minimum absolute atomic E-state index is 0.0655. The predicted molar refractivity (Wildman–Crippen MR) is 112 cm³/mol. The molecular weight excluding hydrogens is 385 g/mol. The fraction of sp³-hybridized carbons (Fsp3) is 0.192. The number of fused-ring (bicyclic) bond motifs is 1. The van der Waals surface area contributed by atoms with Crippen molar-refractivity contribution in [1.29, 1.82) is 0 Å². The Hall–Kier alpha value is -3.14. The lowest BCUT2D eigenvalue weighted by atomic mass is 9.75. The zero-order chi connectivity index (χ0) is 21.2. The van der Waals surface area contributed by atoms with Crippen LogP contribution in [-0.2, 0) is 19.0 Å². The summed E-state index contributed by atoms with van der Waals surface area (Å²) in [4.78, 5) is 13.4. The number of ketones is 1. The smallest absolute Gasteiger partial charge is 0.294 e. The molecule has 3 aromatic carbocycles. The monoisotopic (exact) mass is 406 g/mol. The Morgan fingerprint density at radius 2 is 1.53 bits per heavy atom. The van der Waals surface area contributed by atoms with Crippen LogP contribution in [0, 0.1) is 5.41 Å². The Bertz CT molecular complexity index is 1070. The number of carbonyl (C=O) groups excluding carboxylic acids is 1. The Kier molecular flexibility index (Phi) is 5.33. The van der Waals surface area contributed by atoms with E-state index in [4.69, 9.17) is 0 Å². The third kappa shape index (κ3) is 4.09. The number of Topliss-reactive ketones (excluding diaryl/α,β-unsaturated/α-hetero) is 1. The van der Waals surface area contributed by atoms with Crippen molar-refractivity contribution in [2.75, 3.05) is 0 Å². The van der Waals surface area contributed by atoms with Crippen molar-refractivity contribution >= 4 is 11.9 Å². The summed E-state index contributed by atoms with van der Waals surface area (Å²) in [7, 11) is 0. The SMILES string of the molecule is O=C1c2ccccc2C[C@]1(C/C=C/c1ccccc1)Cc1ccc(C(F)(F)F)cc1. The molecule has 4 heteroatoms. The van der Waals surface area contributed by atoms with Crippen LogP contribution in [0.5, 0.6) is 0 Å². The molecule has 0 unspecified atom stereocenters. The standard InChI is InChI=1S/C26H21F3O/c27-26(28,29)22-14-12-20(13-15-22)17-25(16-6-9-19-7-2-1-3-8-19)18-21-10-4-5-11-23(21)24(25)30/h1-15H,16-18H2/b9-6+/t25-/m0/s1. The average Bonchev–Trinajstić information content (AvgIpc) is 3.00. The number of allylic oxidation sites excluding steroid dienone is 1. The van der Waals surface area contributed by atoms with Gasteiger partial charge < -0.3 is 0 Å². The van der Waals surface area contributed by atoms with Crippen LogP contribution in [0.1, 0.15) is 39.0 Å². The highest BCUT2D eigenvalue weighted by Crippen LogP contribution is 2.43. The molecule has 0 N–H and O–H groups in total. The summed E-state index contributed by atoms with van der Waals surface area (Å²) < 4.78 is 38.7. The van der Waals surface area contributed by atoms with Crippen molar-refractivity contribution in [1.82, 2.24) is 0 Å². The van der Waals surface area contributed by atoms with E-state index >= 15 is 0 Å². The van der Waals surface area contributed by atoms with Crippen LogP contribution in [0.25, 0.3) is 6.08 Å². The van der Waals surface area contributed by atoms with Crippen LogP contribution >= 0.6 is 0 Å². The number of hydrogen-bond donors (Lipinski definition) is 0. The number of halogens is 3. The summed E-state index contributed by atoms with van der Waals surface area (Å²) in [6.45, 7) is 0. The van der Waals surface area contributed by atoms with Gasteiger partial charge in [-0.15, -0.1) is 0 Å². The van der Waals surface area contributed by atoms with Gasteiger partial charge in [0.1, 0.15) is 0 Å². The van der Waals surface area contributed by atoms with Gasteiger partial charge >= 0.3 is 6.18 Å². The van der Waals surface area contributed by atoms with E-state index in [1.807, 2.05) is 66.7 Å². The molecule has 3 aromatic rings. The number of benzene rings is 3. The van der Waals surface area contributed by atoms with Gasteiger partial charge in [0.05, 0.1) is 5.56 Å². The van der Waals surface area contributed by atoms with Crippen LogP contribution in [0.2, 0.25) is 0 Å². The van der Waals surface area contributed by atoms with E-state index in [1.54, 1.807) is 0 Å². The molecule has 0 heterocycles. The van der Waals surface area contributed by atoms with Gasteiger partial charge in [-0.1, -0.05) is 78.9 Å². The molecule has 4 rings (SSSR count). The van der Waals surface area contributed by atoms with Gasteiger partial charge in [-0.3, -0.25) is 4.79 Å². The maximum atomic E-state index is 13.4. The summed E-state index contributed by atoms with van der Waals surface area (Å²) in [5.74, 6) is 0.0655. The normalized spacial score (nSPS) is 18.7. The molecule has 1 aliphatic rings. The van der Waals surface area contributed by atoms with E-state index in [0.717, 1.165) is 34.4 Å². The molecule has 0 bridgehead atoms. The van der Waals surface area contributed by atoms with Crippen molar-refractivity contribution in [3.8, 4) is 0 Å². The first-order chi connectivity index (χ1) is 14.4. The lowest BCUT2D eigenvalue weighted by Crippen LogP contribution is -2.30. The van der Waals surface area contributed by atoms with Crippen LogP contribution in [0.3, 0.4) is 0 Å². The summed E-state index contributed by atoms with van der Waals surface area (Å²) in [6, 6.07) is 22.6. The molecular formula is C26H21F3O. The molecule has 30 heavy (non-hydrogen) atoms. The molecule has 0 spiro atoms. The van der Waals surface area contributed by atoms with Gasteiger partial charge in [-0.05, 0) is 48.1 Å². The quantitative estimate of drug-likeness (QED) is 0.457. The van der Waals surface area contributed by atoms with E-state index < -0.39 is 17.2 Å². The van der Waals surface area contributed by atoms with Crippen LogP contribution in [0.4, 0.5) is 13.2 Å². The van der Waals surface area contributed by atoms with Crippen molar-refractivity contribution in [2.45, 2.75) is 25.4 Å². The van der Waals surface area contributed by atoms with E-state index in [-0.39, 0.29) is 5.78 Å². The highest BCUT2D eigenvalue weighted by molar-refractivity contribution is 6.05. The summed E-state index contributed by atoms with van der Waals surface area (Å²) in [6.07, 6.45) is 1.14. The fourth-order valence-electron chi connectivity index (χ4n) is 4.19. The predicted octanol–water partition coefficient (Wildman–Crippen LogP) is 6.78. The topological polar surface area (TPSA) is 17.1 Å². The van der Waals surface area contributed by atoms with Gasteiger partial charge in [-0.2, -0.15) is 13.2 Å². The molecule has 0 radical (unpaired) electrons.